The normalized spacial score (nSPS) is 17.3. The van der Waals surface area contributed by atoms with Crippen molar-refractivity contribution in [2.75, 3.05) is 25.5 Å². The average molecular weight is 436 g/mol. The first-order valence-electron chi connectivity index (χ1n) is 9.21. The van der Waals surface area contributed by atoms with Crippen molar-refractivity contribution < 1.29 is 32.2 Å². The Kier molecular flexibility index (Phi) is 6.37. The number of carbonyl (C=O) groups is 2. The van der Waals surface area contributed by atoms with Crippen LogP contribution < -0.4 is 5.32 Å². The minimum Gasteiger partial charge on any atom is -0.505 e. The standard InChI is InChI=1S/C20H21FN2O6S/c1-29-20(26)16-5-2-6-17(18(16)24)22-19(25)13-4-3-11-23(12-13)30(27,28)15-9-7-14(21)8-10-15/h2,5-10,13,24H,3-4,11-12H2,1H3,(H,22,25). The fraction of sp³-hybridized carbons (Fsp3) is 0.300. The Hall–Kier alpha value is -2.98. The lowest BCUT2D eigenvalue weighted by Gasteiger charge is -2.31. The Balaban J connectivity index is 1.75. The molecule has 1 atom stereocenters. The molecule has 0 radical (unpaired) electrons. The number of para-hydroxylation sites is 1. The monoisotopic (exact) mass is 436 g/mol. The Morgan fingerprint density at radius 3 is 2.57 bits per heavy atom. The van der Waals surface area contributed by atoms with Gasteiger partial charge >= 0.3 is 5.97 Å². The van der Waals surface area contributed by atoms with Crippen molar-refractivity contribution in [2.45, 2.75) is 17.7 Å². The van der Waals surface area contributed by atoms with E-state index in [1.165, 1.54) is 41.7 Å². The highest BCUT2D eigenvalue weighted by atomic mass is 32.2. The summed E-state index contributed by atoms with van der Waals surface area (Å²) in [6.07, 6.45) is 0.922. The van der Waals surface area contributed by atoms with Crippen LogP contribution in [0.3, 0.4) is 0 Å². The van der Waals surface area contributed by atoms with Crippen LogP contribution in [-0.4, -0.2) is 49.9 Å². The summed E-state index contributed by atoms with van der Waals surface area (Å²) in [4.78, 5) is 24.4. The summed E-state index contributed by atoms with van der Waals surface area (Å²) in [5, 5.41) is 12.8. The summed E-state index contributed by atoms with van der Waals surface area (Å²) in [5.74, 6) is -2.86. The second kappa shape index (κ2) is 8.80. The van der Waals surface area contributed by atoms with Crippen molar-refractivity contribution in [3.8, 4) is 5.75 Å². The number of methoxy groups -OCH3 is 1. The zero-order valence-corrected chi connectivity index (χ0v) is 17.0. The number of ether oxygens (including phenoxy) is 1. The summed E-state index contributed by atoms with van der Waals surface area (Å²) in [6.45, 7) is 0.190. The molecule has 2 aromatic rings. The van der Waals surface area contributed by atoms with E-state index >= 15 is 0 Å². The minimum atomic E-state index is -3.87. The Bertz CT molecular complexity index is 1060. The first-order valence-corrected chi connectivity index (χ1v) is 10.6. The number of nitrogens with zero attached hydrogens (tertiary/aromatic N) is 1. The molecule has 0 aliphatic carbocycles. The summed E-state index contributed by atoms with van der Waals surface area (Å²) < 4.78 is 44.5. The van der Waals surface area contributed by atoms with Gasteiger partial charge in [0.15, 0.2) is 5.75 Å². The van der Waals surface area contributed by atoms with Gasteiger partial charge < -0.3 is 15.2 Å². The number of amides is 1. The molecule has 10 heteroatoms. The molecule has 8 nitrogen and oxygen atoms in total. The molecule has 1 heterocycles. The quantitative estimate of drug-likeness (QED) is 0.550. The molecule has 30 heavy (non-hydrogen) atoms. The van der Waals surface area contributed by atoms with Crippen molar-refractivity contribution in [3.05, 3.63) is 53.8 Å². The number of aromatic hydroxyl groups is 1. The molecular formula is C20H21FN2O6S. The van der Waals surface area contributed by atoms with Crippen LogP contribution >= 0.6 is 0 Å². The summed E-state index contributed by atoms with van der Waals surface area (Å²) in [6, 6.07) is 8.77. The van der Waals surface area contributed by atoms with Gasteiger partial charge in [0.2, 0.25) is 15.9 Å². The summed E-state index contributed by atoms with van der Waals surface area (Å²) in [7, 11) is -2.70. The van der Waals surface area contributed by atoms with Crippen LogP contribution in [0.5, 0.6) is 5.75 Å². The Morgan fingerprint density at radius 1 is 1.20 bits per heavy atom. The highest BCUT2D eigenvalue weighted by molar-refractivity contribution is 7.89. The van der Waals surface area contributed by atoms with E-state index < -0.39 is 39.4 Å². The lowest BCUT2D eigenvalue weighted by atomic mass is 9.98. The number of nitrogens with one attached hydrogen (secondary N) is 1. The minimum absolute atomic E-state index is 0.0291. The molecule has 0 saturated carbocycles. The third-order valence-electron chi connectivity index (χ3n) is 4.91. The average Bonchev–Trinajstić information content (AvgIpc) is 2.75. The number of piperidine rings is 1. The van der Waals surface area contributed by atoms with Crippen LogP contribution in [0.25, 0.3) is 0 Å². The van der Waals surface area contributed by atoms with E-state index in [-0.39, 0.29) is 29.2 Å². The largest absolute Gasteiger partial charge is 0.505 e. The number of hydrogen-bond acceptors (Lipinski definition) is 6. The van der Waals surface area contributed by atoms with Gasteiger partial charge in [-0.05, 0) is 49.2 Å². The van der Waals surface area contributed by atoms with Gasteiger partial charge in [0, 0.05) is 13.1 Å². The van der Waals surface area contributed by atoms with Crippen molar-refractivity contribution >= 4 is 27.6 Å². The van der Waals surface area contributed by atoms with Crippen molar-refractivity contribution in [3.63, 3.8) is 0 Å². The van der Waals surface area contributed by atoms with Gasteiger partial charge in [-0.1, -0.05) is 6.07 Å². The van der Waals surface area contributed by atoms with Gasteiger partial charge in [-0.2, -0.15) is 4.31 Å². The smallest absolute Gasteiger partial charge is 0.341 e. The van der Waals surface area contributed by atoms with E-state index in [1.54, 1.807) is 0 Å². The third-order valence-corrected chi connectivity index (χ3v) is 6.78. The van der Waals surface area contributed by atoms with Crippen molar-refractivity contribution in [2.24, 2.45) is 5.92 Å². The molecule has 160 valence electrons. The predicted molar refractivity (Wildman–Crippen MR) is 106 cm³/mol. The van der Waals surface area contributed by atoms with Crippen LogP contribution in [0.15, 0.2) is 47.4 Å². The molecule has 1 unspecified atom stereocenters. The molecule has 1 amide bonds. The molecule has 1 fully saturated rings. The Labute approximate surface area is 173 Å². The number of esters is 1. The second-order valence-corrected chi connectivity index (χ2v) is 8.78. The highest BCUT2D eigenvalue weighted by Gasteiger charge is 2.33. The molecule has 0 bridgehead atoms. The number of rotatable bonds is 5. The predicted octanol–water partition coefficient (Wildman–Crippen LogP) is 2.36. The Morgan fingerprint density at radius 2 is 1.90 bits per heavy atom. The molecule has 3 rings (SSSR count). The number of phenolic OH excluding ortho intramolecular Hbond substituents is 1. The number of carbonyl (C=O) groups excluding carboxylic acids is 2. The first-order chi connectivity index (χ1) is 14.2. The fourth-order valence-corrected chi connectivity index (χ4v) is 4.81. The lowest BCUT2D eigenvalue weighted by Crippen LogP contribution is -2.43. The number of benzene rings is 2. The zero-order valence-electron chi connectivity index (χ0n) is 16.2. The fourth-order valence-electron chi connectivity index (χ4n) is 3.28. The number of phenols is 1. The molecule has 2 N–H and O–H groups in total. The van der Waals surface area contributed by atoms with E-state index in [9.17, 15) is 27.5 Å². The van der Waals surface area contributed by atoms with E-state index in [4.69, 9.17) is 0 Å². The van der Waals surface area contributed by atoms with Gasteiger partial charge in [-0.15, -0.1) is 0 Å². The van der Waals surface area contributed by atoms with Crippen LogP contribution in [-0.2, 0) is 19.6 Å². The van der Waals surface area contributed by atoms with Crippen LogP contribution in [0.4, 0.5) is 10.1 Å². The maximum Gasteiger partial charge on any atom is 0.341 e. The van der Waals surface area contributed by atoms with Gasteiger partial charge in [0.05, 0.1) is 23.6 Å². The molecule has 0 aromatic heterocycles. The first kappa shape index (κ1) is 21.7. The van der Waals surface area contributed by atoms with Crippen molar-refractivity contribution in [1.29, 1.82) is 0 Å². The molecule has 1 aliphatic rings. The number of halogens is 1. The van der Waals surface area contributed by atoms with Gasteiger partial charge in [-0.25, -0.2) is 17.6 Å². The zero-order chi connectivity index (χ0) is 21.9. The molecular weight excluding hydrogens is 415 g/mol. The second-order valence-electron chi connectivity index (χ2n) is 6.84. The van der Waals surface area contributed by atoms with E-state index in [2.05, 4.69) is 10.1 Å². The number of sulfonamides is 1. The SMILES string of the molecule is COC(=O)c1cccc(NC(=O)C2CCCN(S(=O)(=O)c3ccc(F)cc3)C2)c1O. The molecule has 0 spiro atoms. The van der Waals surface area contributed by atoms with E-state index in [1.807, 2.05) is 0 Å². The highest BCUT2D eigenvalue weighted by Crippen LogP contribution is 2.30. The molecule has 2 aromatic carbocycles. The van der Waals surface area contributed by atoms with Crippen molar-refractivity contribution in [1.82, 2.24) is 4.31 Å². The van der Waals surface area contributed by atoms with Crippen LogP contribution in [0.2, 0.25) is 0 Å². The summed E-state index contributed by atoms with van der Waals surface area (Å²) >= 11 is 0. The molecule has 1 saturated heterocycles. The summed E-state index contributed by atoms with van der Waals surface area (Å²) in [5.41, 5.74) is -0.0686. The maximum atomic E-state index is 13.1. The third kappa shape index (κ3) is 4.44. The molecule has 1 aliphatic heterocycles. The number of anilines is 1. The topological polar surface area (TPSA) is 113 Å². The van der Waals surface area contributed by atoms with Gasteiger partial charge in [-0.3, -0.25) is 4.79 Å². The van der Waals surface area contributed by atoms with Crippen LogP contribution in [0, 0.1) is 11.7 Å². The van der Waals surface area contributed by atoms with E-state index in [0.29, 0.717) is 12.8 Å². The lowest BCUT2D eigenvalue weighted by molar-refractivity contribution is -0.120. The van der Waals surface area contributed by atoms with Crippen LogP contribution in [0.1, 0.15) is 23.2 Å². The maximum absolute atomic E-state index is 13.1. The number of hydrogen-bond donors (Lipinski definition) is 2. The van der Waals surface area contributed by atoms with Gasteiger partial charge in [0.1, 0.15) is 11.4 Å². The van der Waals surface area contributed by atoms with Gasteiger partial charge in [0.25, 0.3) is 0 Å². The van der Waals surface area contributed by atoms with E-state index in [0.717, 1.165) is 12.1 Å².